The van der Waals surface area contributed by atoms with Gasteiger partial charge in [0.2, 0.25) is 17.3 Å². The molecule has 7 nitrogen and oxygen atoms in total. The number of amides is 1. The molecule has 1 aliphatic carbocycles. The maximum absolute atomic E-state index is 12.6. The zero-order valence-corrected chi connectivity index (χ0v) is 16.0. The van der Waals surface area contributed by atoms with Gasteiger partial charge in [-0.25, -0.2) is 0 Å². The van der Waals surface area contributed by atoms with Gasteiger partial charge < -0.3 is 14.7 Å². The van der Waals surface area contributed by atoms with Crippen molar-refractivity contribution in [3.8, 4) is 0 Å². The van der Waals surface area contributed by atoms with Crippen LogP contribution in [0.5, 0.6) is 0 Å². The predicted molar refractivity (Wildman–Crippen MR) is 99.7 cm³/mol. The van der Waals surface area contributed by atoms with Crippen LogP contribution in [0.1, 0.15) is 72.4 Å². The van der Waals surface area contributed by atoms with Crippen molar-refractivity contribution in [1.29, 1.82) is 0 Å². The number of piperidine rings is 1. The fraction of sp³-hybridized carbons (Fsp3) is 0.474. The van der Waals surface area contributed by atoms with E-state index in [9.17, 15) is 14.4 Å². The predicted octanol–water partition coefficient (Wildman–Crippen LogP) is 2.43. The summed E-state index contributed by atoms with van der Waals surface area (Å²) in [6.45, 7) is 5.45. The van der Waals surface area contributed by atoms with E-state index in [1.165, 1.54) is 25.3 Å². The lowest BCUT2D eigenvalue weighted by Gasteiger charge is -2.26. The molecular formula is C19H21N3O4S. The first kappa shape index (κ1) is 18.1. The second kappa shape index (κ2) is 7.36. The van der Waals surface area contributed by atoms with Crippen LogP contribution in [0.15, 0.2) is 10.6 Å². The lowest BCUT2D eigenvalue weighted by molar-refractivity contribution is 0.0953. The van der Waals surface area contributed by atoms with E-state index in [0.29, 0.717) is 17.1 Å². The van der Waals surface area contributed by atoms with Crippen molar-refractivity contribution in [3.63, 3.8) is 0 Å². The summed E-state index contributed by atoms with van der Waals surface area (Å²) in [5, 5.41) is 6.60. The number of thiophene rings is 1. The number of aromatic nitrogens is 1. The van der Waals surface area contributed by atoms with Gasteiger partial charge in [-0.05, 0) is 51.9 Å². The van der Waals surface area contributed by atoms with Crippen molar-refractivity contribution in [3.05, 3.63) is 38.4 Å². The zero-order chi connectivity index (χ0) is 19.0. The number of nitrogens with one attached hydrogen (secondary N) is 1. The van der Waals surface area contributed by atoms with E-state index in [2.05, 4.69) is 15.4 Å². The van der Waals surface area contributed by atoms with Gasteiger partial charge in [-0.15, -0.1) is 11.3 Å². The van der Waals surface area contributed by atoms with Gasteiger partial charge in [0.1, 0.15) is 0 Å². The lowest BCUT2D eigenvalue weighted by atomic mass is 9.93. The summed E-state index contributed by atoms with van der Waals surface area (Å²) < 4.78 is 5.01. The minimum absolute atomic E-state index is 0.0312. The van der Waals surface area contributed by atoms with E-state index in [-0.39, 0.29) is 39.2 Å². The number of hydrogen-bond donors (Lipinski definition) is 1. The van der Waals surface area contributed by atoms with Gasteiger partial charge in [0.25, 0.3) is 5.91 Å². The van der Waals surface area contributed by atoms with Crippen molar-refractivity contribution in [2.24, 2.45) is 0 Å². The Hall–Kier alpha value is -2.32. The van der Waals surface area contributed by atoms with Gasteiger partial charge in [-0.3, -0.25) is 14.4 Å². The number of nitrogens with zero attached hydrogens (tertiary/aromatic N) is 2. The van der Waals surface area contributed by atoms with E-state index >= 15 is 0 Å². The third-order valence-electron chi connectivity index (χ3n) is 5.09. The Bertz CT molecular complexity index is 908. The molecule has 0 aromatic carbocycles. The molecule has 0 unspecified atom stereocenters. The molecule has 142 valence electrons. The third-order valence-corrected chi connectivity index (χ3v) is 6.22. The standard InChI is InChI=1S/C19H21N3O4S/c1-11-14-16(24)18-12(15(23)17(14)26-21-11)10-13(27-18)19(25)20-6-5-9-22-7-3-2-4-8-22/h10H,2-9H2,1H3,(H,20,25). The molecule has 1 aliphatic heterocycles. The number of hydrogen-bond acceptors (Lipinski definition) is 7. The summed E-state index contributed by atoms with van der Waals surface area (Å²) in [4.78, 5) is 40.7. The van der Waals surface area contributed by atoms with Crippen molar-refractivity contribution in [2.45, 2.75) is 32.6 Å². The topological polar surface area (TPSA) is 92.5 Å². The second-order valence-electron chi connectivity index (χ2n) is 7.00. The van der Waals surface area contributed by atoms with Crippen LogP contribution >= 0.6 is 11.3 Å². The summed E-state index contributed by atoms with van der Waals surface area (Å²) in [6.07, 6.45) is 4.69. The number of ketones is 2. The molecular weight excluding hydrogens is 366 g/mol. The number of rotatable bonds is 5. The van der Waals surface area contributed by atoms with E-state index in [4.69, 9.17) is 4.52 Å². The van der Waals surface area contributed by atoms with E-state index in [1.807, 2.05) is 0 Å². The molecule has 0 spiro atoms. The van der Waals surface area contributed by atoms with E-state index < -0.39 is 0 Å². The number of fused-ring (bicyclic) bond motifs is 2. The Balaban J connectivity index is 1.40. The molecule has 2 aliphatic rings. The highest BCUT2D eigenvalue weighted by Gasteiger charge is 2.38. The molecule has 3 heterocycles. The van der Waals surface area contributed by atoms with Crippen molar-refractivity contribution in [2.75, 3.05) is 26.2 Å². The van der Waals surface area contributed by atoms with Gasteiger partial charge in [-0.2, -0.15) is 0 Å². The van der Waals surface area contributed by atoms with Gasteiger partial charge >= 0.3 is 0 Å². The Morgan fingerprint density at radius 2 is 2.04 bits per heavy atom. The average Bonchev–Trinajstić information content (AvgIpc) is 3.29. The third kappa shape index (κ3) is 3.35. The molecule has 2 aromatic heterocycles. The first-order chi connectivity index (χ1) is 13.1. The van der Waals surface area contributed by atoms with E-state index in [0.717, 1.165) is 37.4 Å². The van der Waals surface area contributed by atoms with Crippen LogP contribution < -0.4 is 5.32 Å². The molecule has 1 amide bonds. The van der Waals surface area contributed by atoms with Crippen molar-refractivity contribution < 1.29 is 18.9 Å². The maximum Gasteiger partial charge on any atom is 0.261 e. The van der Waals surface area contributed by atoms with E-state index in [1.54, 1.807) is 6.92 Å². The molecule has 1 saturated heterocycles. The van der Waals surface area contributed by atoms with Crippen LogP contribution in [0.25, 0.3) is 0 Å². The minimum Gasteiger partial charge on any atom is -0.352 e. The Kier molecular flexibility index (Phi) is 4.92. The highest BCUT2D eigenvalue weighted by molar-refractivity contribution is 7.16. The summed E-state index contributed by atoms with van der Waals surface area (Å²) in [5.41, 5.74) is 0.834. The normalized spacial score (nSPS) is 16.9. The fourth-order valence-corrected chi connectivity index (χ4v) is 4.66. The first-order valence-corrected chi connectivity index (χ1v) is 10.1. The summed E-state index contributed by atoms with van der Waals surface area (Å²) in [5.74, 6) is -0.968. The largest absolute Gasteiger partial charge is 0.352 e. The molecule has 27 heavy (non-hydrogen) atoms. The van der Waals surface area contributed by atoms with Gasteiger partial charge in [0.05, 0.1) is 21.0 Å². The second-order valence-corrected chi connectivity index (χ2v) is 8.05. The molecule has 0 saturated carbocycles. The zero-order valence-electron chi connectivity index (χ0n) is 15.2. The highest BCUT2D eigenvalue weighted by Crippen LogP contribution is 2.34. The van der Waals surface area contributed by atoms with Crippen LogP contribution in [-0.2, 0) is 0 Å². The van der Waals surface area contributed by atoms with Gasteiger partial charge in [-0.1, -0.05) is 11.6 Å². The Morgan fingerprint density at radius 1 is 1.26 bits per heavy atom. The van der Waals surface area contributed by atoms with Crippen LogP contribution in [-0.4, -0.2) is 53.7 Å². The summed E-state index contributed by atoms with van der Waals surface area (Å²) in [7, 11) is 0. The quantitative estimate of drug-likeness (QED) is 0.676. The SMILES string of the molecule is Cc1noc2c1C(=O)c1sc(C(=O)NCCCN3CCCCC3)cc1C2=O. The molecule has 0 radical (unpaired) electrons. The molecule has 4 rings (SSSR count). The molecule has 0 bridgehead atoms. The summed E-state index contributed by atoms with van der Waals surface area (Å²) >= 11 is 1.05. The van der Waals surface area contributed by atoms with Gasteiger partial charge in [0, 0.05) is 12.1 Å². The van der Waals surface area contributed by atoms with Crippen LogP contribution in [0, 0.1) is 6.92 Å². The number of carbonyl (C=O) groups is 3. The van der Waals surface area contributed by atoms with Crippen molar-refractivity contribution in [1.82, 2.24) is 15.4 Å². The van der Waals surface area contributed by atoms with Crippen LogP contribution in [0.4, 0.5) is 0 Å². The fourth-order valence-electron chi connectivity index (χ4n) is 3.64. The number of likely N-dealkylation sites (tertiary alicyclic amines) is 1. The smallest absolute Gasteiger partial charge is 0.261 e. The summed E-state index contributed by atoms with van der Waals surface area (Å²) in [6, 6.07) is 1.49. The monoisotopic (exact) mass is 387 g/mol. The van der Waals surface area contributed by atoms with Crippen LogP contribution in [0.3, 0.4) is 0 Å². The van der Waals surface area contributed by atoms with Crippen LogP contribution in [0.2, 0.25) is 0 Å². The Labute approximate surface area is 160 Å². The molecule has 2 aromatic rings. The van der Waals surface area contributed by atoms with Gasteiger partial charge in [0.15, 0.2) is 0 Å². The maximum atomic E-state index is 12.6. The lowest BCUT2D eigenvalue weighted by Crippen LogP contribution is -2.33. The number of carbonyl (C=O) groups excluding carboxylic acids is 3. The van der Waals surface area contributed by atoms with Crippen molar-refractivity contribution >= 4 is 28.8 Å². The Morgan fingerprint density at radius 3 is 2.81 bits per heavy atom. The molecule has 8 heteroatoms. The minimum atomic E-state index is -0.388. The molecule has 0 atom stereocenters. The first-order valence-electron chi connectivity index (χ1n) is 9.26. The number of aryl methyl sites for hydroxylation is 1. The average molecular weight is 387 g/mol. The highest BCUT2D eigenvalue weighted by atomic mass is 32.1. The molecule has 1 fully saturated rings. The molecule has 1 N–H and O–H groups in total.